The van der Waals surface area contributed by atoms with E-state index in [1.54, 1.807) is 57.2 Å². The van der Waals surface area contributed by atoms with Crippen LogP contribution in [0.25, 0.3) is 16.9 Å². The van der Waals surface area contributed by atoms with Gasteiger partial charge in [-0.3, -0.25) is 4.79 Å². The molecule has 3 aromatic carbocycles. The summed E-state index contributed by atoms with van der Waals surface area (Å²) in [6.45, 7) is 2.53. The molecule has 1 heterocycles. The van der Waals surface area contributed by atoms with Crippen LogP contribution in [0.2, 0.25) is 0 Å². The standard InChI is InChI=1S/C30H33N3O5/c1-20-7-10-22(11-8-20)33-26(19-25(31-33)24-13-12-23(35-3)18-28(24)37-5)30(34)32(2)16-15-21-9-14-27(36-4)29(17-21)38-6/h7-14,17-19H,15-16H2,1-6H3. The quantitative estimate of drug-likeness (QED) is 0.289. The van der Waals surface area contributed by atoms with E-state index in [0.717, 1.165) is 22.4 Å². The normalized spacial score (nSPS) is 10.7. The first-order valence-corrected chi connectivity index (χ1v) is 12.2. The predicted octanol–water partition coefficient (Wildman–Crippen LogP) is 5.20. The molecule has 198 valence electrons. The van der Waals surface area contributed by atoms with Crippen LogP contribution in [-0.4, -0.2) is 62.6 Å². The summed E-state index contributed by atoms with van der Waals surface area (Å²) >= 11 is 0. The van der Waals surface area contributed by atoms with Crippen LogP contribution in [0.15, 0.2) is 66.7 Å². The average Bonchev–Trinajstić information content (AvgIpc) is 3.40. The van der Waals surface area contributed by atoms with Crippen molar-refractivity contribution in [2.75, 3.05) is 42.0 Å². The Labute approximate surface area is 223 Å². The first-order valence-electron chi connectivity index (χ1n) is 12.2. The number of likely N-dealkylation sites (N-methyl/N-ethyl adjacent to an activating group) is 1. The van der Waals surface area contributed by atoms with Crippen LogP contribution in [0.4, 0.5) is 0 Å². The highest BCUT2D eigenvalue weighted by Gasteiger charge is 2.22. The molecule has 0 radical (unpaired) electrons. The summed E-state index contributed by atoms with van der Waals surface area (Å²) in [5.41, 5.74) is 4.81. The number of carbonyl (C=O) groups is 1. The molecule has 0 fully saturated rings. The molecule has 0 aliphatic rings. The summed E-state index contributed by atoms with van der Waals surface area (Å²) in [4.78, 5) is 15.4. The molecule has 0 atom stereocenters. The fraction of sp³-hybridized carbons (Fsp3) is 0.267. The van der Waals surface area contributed by atoms with Crippen molar-refractivity contribution in [2.24, 2.45) is 0 Å². The molecule has 38 heavy (non-hydrogen) atoms. The monoisotopic (exact) mass is 515 g/mol. The number of rotatable bonds is 10. The number of hydrogen-bond donors (Lipinski definition) is 0. The van der Waals surface area contributed by atoms with Crippen molar-refractivity contribution in [3.8, 4) is 39.9 Å². The van der Waals surface area contributed by atoms with Crippen LogP contribution in [0.3, 0.4) is 0 Å². The Kier molecular flexibility index (Phi) is 8.21. The molecular weight excluding hydrogens is 482 g/mol. The number of methoxy groups -OCH3 is 4. The van der Waals surface area contributed by atoms with Gasteiger partial charge >= 0.3 is 0 Å². The zero-order valence-electron chi connectivity index (χ0n) is 22.6. The van der Waals surface area contributed by atoms with Gasteiger partial charge in [0, 0.05) is 25.2 Å². The van der Waals surface area contributed by atoms with Crippen molar-refractivity contribution < 1.29 is 23.7 Å². The van der Waals surface area contributed by atoms with Gasteiger partial charge in [0.25, 0.3) is 5.91 Å². The lowest BCUT2D eigenvalue weighted by Crippen LogP contribution is -2.30. The molecule has 0 aliphatic heterocycles. The second-order valence-corrected chi connectivity index (χ2v) is 8.89. The Hall–Kier alpha value is -4.46. The molecule has 1 amide bonds. The molecule has 0 N–H and O–H groups in total. The molecule has 0 unspecified atom stereocenters. The van der Waals surface area contributed by atoms with Crippen LogP contribution >= 0.6 is 0 Å². The van der Waals surface area contributed by atoms with E-state index < -0.39 is 0 Å². The predicted molar refractivity (Wildman–Crippen MR) is 147 cm³/mol. The molecule has 0 spiro atoms. The number of ether oxygens (including phenoxy) is 4. The van der Waals surface area contributed by atoms with Crippen molar-refractivity contribution >= 4 is 5.91 Å². The number of benzene rings is 3. The van der Waals surface area contributed by atoms with E-state index in [0.29, 0.717) is 47.4 Å². The van der Waals surface area contributed by atoms with Crippen molar-refractivity contribution in [3.05, 3.63) is 83.6 Å². The summed E-state index contributed by atoms with van der Waals surface area (Å²) in [6.07, 6.45) is 0.653. The Balaban J connectivity index is 1.66. The first-order chi connectivity index (χ1) is 18.4. The SMILES string of the molecule is COc1ccc(-c2cc(C(=O)N(C)CCc3ccc(OC)c(OC)c3)n(-c3ccc(C)cc3)n2)c(OC)c1. The lowest BCUT2D eigenvalue weighted by atomic mass is 10.1. The highest BCUT2D eigenvalue weighted by Crippen LogP contribution is 2.34. The molecule has 0 aliphatic carbocycles. The minimum absolute atomic E-state index is 0.141. The highest BCUT2D eigenvalue weighted by atomic mass is 16.5. The number of aromatic nitrogens is 2. The number of nitrogens with zero attached hydrogens (tertiary/aromatic N) is 3. The van der Waals surface area contributed by atoms with E-state index >= 15 is 0 Å². The molecule has 0 bridgehead atoms. The summed E-state index contributed by atoms with van der Waals surface area (Å²) < 4.78 is 23.4. The fourth-order valence-corrected chi connectivity index (χ4v) is 4.19. The molecular formula is C30H33N3O5. The lowest BCUT2D eigenvalue weighted by Gasteiger charge is -2.18. The third-order valence-corrected chi connectivity index (χ3v) is 6.42. The summed E-state index contributed by atoms with van der Waals surface area (Å²) in [5, 5.41) is 4.83. The van der Waals surface area contributed by atoms with Crippen molar-refractivity contribution in [1.29, 1.82) is 0 Å². The first kappa shape index (κ1) is 26.6. The Bertz CT molecular complexity index is 1410. The van der Waals surface area contributed by atoms with E-state index in [-0.39, 0.29) is 5.91 Å². The maximum atomic E-state index is 13.7. The van der Waals surface area contributed by atoms with Gasteiger partial charge in [-0.1, -0.05) is 23.8 Å². The third-order valence-electron chi connectivity index (χ3n) is 6.42. The van der Waals surface area contributed by atoms with Crippen LogP contribution in [0.5, 0.6) is 23.0 Å². The van der Waals surface area contributed by atoms with Gasteiger partial charge in [0.2, 0.25) is 0 Å². The van der Waals surface area contributed by atoms with Crippen LogP contribution in [-0.2, 0) is 6.42 Å². The number of carbonyl (C=O) groups excluding carboxylic acids is 1. The maximum Gasteiger partial charge on any atom is 0.272 e. The Morgan fingerprint density at radius 3 is 2.18 bits per heavy atom. The van der Waals surface area contributed by atoms with E-state index in [1.165, 1.54) is 0 Å². The number of aryl methyl sites for hydroxylation is 1. The molecule has 4 aromatic rings. The molecule has 4 rings (SSSR count). The largest absolute Gasteiger partial charge is 0.497 e. The summed E-state index contributed by atoms with van der Waals surface area (Å²) in [7, 11) is 8.22. The van der Waals surface area contributed by atoms with Crippen molar-refractivity contribution in [3.63, 3.8) is 0 Å². The van der Waals surface area contributed by atoms with E-state index in [4.69, 9.17) is 24.0 Å². The maximum absolute atomic E-state index is 13.7. The van der Waals surface area contributed by atoms with Crippen LogP contribution < -0.4 is 18.9 Å². The van der Waals surface area contributed by atoms with Gasteiger partial charge in [0.15, 0.2) is 11.5 Å². The topological polar surface area (TPSA) is 75.0 Å². The Morgan fingerprint density at radius 1 is 0.816 bits per heavy atom. The second kappa shape index (κ2) is 11.7. The lowest BCUT2D eigenvalue weighted by molar-refractivity contribution is 0.0787. The number of amides is 1. The summed E-state index contributed by atoms with van der Waals surface area (Å²) in [6, 6.07) is 21.0. The molecule has 8 nitrogen and oxygen atoms in total. The van der Waals surface area contributed by atoms with Gasteiger partial charge in [0.05, 0.1) is 39.8 Å². The smallest absolute Gasteiger partial charge is 0.272 e. The van der Waals surface area contributed by atoms with E-state index in [1.807, 2.05) is 61.5 Å². The van der Waals surface area contributed by atoms with E-state index in [2.05, 4.69) is 0 Å². The van der Waals surface area contributed by atoms with Gasteiger partial charge < -0.3 is 23.8 Å². The van der Waals surface area contributed by atoms with Gasteiger partial charge in [-0.05, 0) is 61.4 Å². The number of hydrogen-bond acceptors (Lipinski definition) is 6. The van der Waals surface area contributed by atoms with Crippen LogP contribution in [0.1, 0.15) is 21.6 Å². The zero-order chi connectivity index (χ0) is 27.2. The molecule has 0 saturated carbocycles. The molecule has 1 aromatic heterocycles. The fourth-order valence-electron chi connectivity index (χ4n) is 4.19. The summed E-state index contributed by atoms with van der Waals surface area (Å²) in [5.74, 6) is 2.48. The highest BCUT2D eigenvalue weighted by molar-refractivity contribution is 5.94. The average molecular weight is 516 g/mol. The molecule has 8 heteroatoms. The second-order valence-electron chi connectivity index (χ2n) is 8.89. The third kappa shape index (κ3) is 5.59. The van der Waals surface area contributed by atoms with Crippen molar-refractivity contribution in [1.82, 2.24) is 14.7 Å². The Morgan fingerprint density at radius 2 is 1.53 bits per heavy atom. The van der Waals surface area contributed by atoms with Gasteiger partial charge in [-0.2, -0.15) is 5.10 Å². The minimum atomic E-state index is -0.141. The van der Waals surface area contributed by atoms with Gasteiger partial charge in [-0.15, -0.1) is 0 Å². The van der Waals surface area contributed by atoms with Gasteiger partial charge in [-0.25, -0.2) is 4.68 Å². The van der Waals surface area contributed by atoms with Crippen LogP contribution in [0, 0.1) is 6.92 Å². The molecule has 0 saturated heterocycles. The van der Waals surface area contributed by atoms with Gasteiger partial charge in [0.1, 0.15) is 17.2 Å². The van der Waals surface area contributed by atoms with Crippen molar-refractivity contribution in [2.45, 2.75) is 13.3 Å². The minimum Gasteiger partial charge on any atom is -0.497 e. The van der Waals surface area contributed by atoms with E-state index in [9.17, 15) is 4.79 Å². The zero-order valence-corrected chi connectivity index (χ0v) is 22.6.